The van der Waals surface area contributed by atoms with Crippen molar-refractivity contribution in [2.45, 2.75) is 39.3 Å². The molecule has 0 heterocycles. The molecule has 0 aromatic heterocycles. The molecule has 0 saturated carbocycles. The van der Waals surface area contributed by atoms with Gasteiger partial charge < -0.3 is 5.32 Å². The lowest BCUT2D eigenvalue weighted by Crippen LogP contribution is -2.44. The summed E-state index contributed by atoms with van der Waals surface area (Å²) in [5.74, 6) is 0.502. The Morgan fingerprint density at radius 3 is 2.26 bits per heavy atom. The summed E-state index contributed by atoms with van der Waals surface area (Å²) in [6.45, 7) is 6.29. The Labute approximate surface area is 120 Å². The fraction of sp³-hybridized carbons (Fsp3) is 0.533. The third kappa shape index (κ3) is 5.21. The van der Waals surface area contributed by atoms with Crippen LogP contribution < -0.4 is 10.6 Å². The first-order chi connectivity index (χ1) is 8.93. The highest BCUT2D eigenvalue weighted by molar-refractivity contribution is 6.30. The molecule has 0 aliphatic carbocycles. The van der Waals surface area contributed by atoms with Gasteiger partial charge in [-0.3, -0.25) is 10.1 Å². The minimum absolute atomic E-state index is 0.0366. The van der Waals surface area contributed by atoms with Gasteiger partial charge in [0, 0.05) is 18.1 Å². The molecule has 1 amide bonds. The molecule has 0 saturated heterocycles. The van der Waals surface area contributed by atoms with E-state index in [0.29, 0.717) is 5.92 Å². The lowest BCUT2D eigenvalue weighted by molar-refractivity contribution is -0.123. The Balaban J connectivity index is 2.72. The average Bonchev–Trinajstić information content (AvgIpc) is 2.37. The third-order valence-electron chi connectivity index (χ3n) is 3.09. The van der Waals surface area contributed by atoms with Gasteiger partial charge in [-0.05, 0) is 37.0 Å². The van der Waals surface area contributed by atoms with Crippen LogP contribution in [0.25, 0.3) is 0 Å². The van der Waals surface area contributed by atoms with Crippen molar-refractivity contribution in [3.63, 3.8) is 0 Å². The van der Waals surface area contributed by atoms with Gasteiger partial charge in [-0.15, -0.1) is 0 Å². The van der Waals surface area contributed by atoms with E-state index in [1.165, 1.54) is 0 Å². The largest absolute Gasteiger partial charge is 0.358 e. The molecule has 2 atom stereocenters. The zero-order chi connectivity index (χ0) is 14.4. The maximum Gasteiger partial charge on any atom is 0.236 e. The molecule has 19 heavy (non-hydrogen) atoms. The molecule has 106 valence electrons. The number of likely N-dealkylation sites (N-methyl/N-ethyl adjacent to an activating group) is 1. The SMILES string of the molecule is CNC(=O)C(CC(C)C)NC(C)c1ccc(Cl)cc1. The highest BCUT2D eigenvalue weighted by atomic mass is 35.5. The lowest BCUT2D eigenvalue weighted by atomic mass is 10.0. The van der Waals surface area contributed by atoms with Crippen molar-refractivity contribution in [1.29, 1.82) is 0 Å². The zero-order valence-electron chi connectivity index (χ0n) is 12.0. The molecule has 2 unspecified atom stereocenters. The average molecular weight is 283 g/mol. The molecule has 0 spiro atoms. The second-order valence-corrected chi connectivity index (χ2v) is 5.67. The number of carbonyl (C=O) groups is 1. The quantitative estimate of drug-likeness (QED) is 0.841. The van der Waals surface area contributed by atoms with Crippen molar-refractivity contribution in [2.24, 2.45) is 5.92 Å². The number of nitrogens with one attached hydrogen (secondary N) is 2. The van der Waals surface area contributed by atoms with Gasteiger partial charge in [0.25, 0.3) is 0 Å². The van der Waals surface area contributed by atoms with Gasteiger partial charge in [-0.25, -0.2) is 0 Å². The van der Waals surface area contributed by atoms with E-state index in [0.717, 1.165) is 17.0 Å². The summed E-state index contributed by atoms with van der Waals surface area (Å²) < 4.78 is 0. The summed E-state index contributed by atoms with van der Waals surface area (Å²) in [6, 6.07) is 7.64. The van der Waals surface area contributed by atoms with E-state index < -0.39 is 0 Å². The standard InChI is InChI=1S/C15H23ClN2O/c1-10(2)9-14(15(19)17-4)18-11(3)12-5-7-13(16)8-6-12/h5-8,10-11,14,18H,9H2,1-4H3,(H,17,19). The van der Waals surface area contributed by atoms with Crippen molar-refractivity contribution in [2.75, 3.05) is 7.05 Å². The molecule has 0 aliphatic heterocycles. The van der Waals surface area contributed by atoms with Crippen LogP contribution in [0.4, 0.5) is 0 Å². The fourth-order valence-electron chi connectivity index (χ4n) is 2.05. The van der Waals surface area contributed by atoms with Crippen LogP contribution in [-0.2, 0) is 4.79 Å². The van der Waals surface area contributed by atoms with E-state index in [9.17, 15) is 4.79 Å². The molecular weight excluding hydrogens is 260 g/mol. The van der Waals surface area contributed by atoms with Crippen LogP contribution in [0.5, 0.6) is 0 Å². The summed E-state index contributed by atoms with van der Waals surface area (Å²) in [4.78, 5) is 11.9. The van der Waals surface area contributed by atoms with Crippen LogP contribution in [0.15, 0.2) is 24.3 Å². The molecule has 0 radical (unpaired) electrons. The molecule has 1 rings (SSSR count). The van der Waals surface area contributed by atoms with Crippen LogP contribution >= 0.6 is 11.6 Å². The number of halogens is 1. The second kappa shape index (κ2) is 7.51. The number of hydrogen-bond donors (Lipinski definition) is 2. The Morgan fingerprint density at radius 2 is 1.79 bits per heavy atom. The van der Waals surface area contributed by atoms with Crippen LogP contribution in [0, 0.1) is 5.92 Å². The highest BCUT2D eigenvalue weighted by Crippen LogP contribution is 2.18. The minimum Gasteiger partial charge on any atom is -0.358 e. The molecular formula is C15H23ClN2O. The van der Waals surface area contributed by atoms with E-state index in [-0.39, 0.29) is 18.0 Å². The normalized spacial score (nSPS) is 14.2. The third-order valence-corrected chi connectivity index (χ3v) is 3.34. The first-order valence-electron chi connectivity index (χ1n) is 6.67. The smallest absolute Gasteiger partial charge is 0.236 e. The maximum absolute atomic E-state index is 11.9. The second-order valence-electron chi connectivity index (χ2n) is 5.24. The van der Waals surface area contributed by atoms with E-state index in [4.69, 9.17) is 11.6 Å². The summed E-state index contributed by atoms with van der Waals surface area (Å²) in [5.41, 5.74) is 1.13. The number of amides is 1. The van der Waals surface area contributed by atoms with Gasteiger partial charge in [0.05, 0.1) is 6.04 Å². The van der Waals surface area contributed by atoms with Crippen molar-refractivity contribution >= 4 is 17.5 Å². The first kappa shape index (κ1) is 16.0. The summed E-state index contributed by atoms with van der Waals surface area (Å²) in [5, 5.41) is 6.82. The predicted molar refractivity (Wildman–Crippen MR) is 80.3 cm³/mol. The van der Waals surface area contributed by atoms with Crippen LogP contribution in [0.1, 0.15) is 38.8 Å². The van der Waals surface area contributed by atoms with Gasteiger partial charge in [-0.2, -0.15) is 0 Å². The van der Waals surface area contributed by atoms with Crippen molar-refractivity contribution in [3.8, 4) is 0 Å². The highest BCUT2D eigenvalue weighted by Gasteiger charge is 2.20. The van der Waals surface area contributed by atoms with Gasteiger partial charge in [0.1, 0.15) is 0 Å². The van der Waals surface area contributed by atoms with Crippen LogP contribution in [-0.4, -0.2) is 19.0 Å². The lowest BCUT2D eigenvalue weighted by Gasteiger charge is -2.24. The molecule has 1 aromatic carbocycles. The van der Waals surface area contributed by atoms with Crippen LogP contribution in [0.2, 0.25) is 5.02 Å². The number of benzene rings is 1. The van der Waals surface area contributed by atoms with Crippen molar-refractivity contribution in [3.05, 3.63) is 34.9 Å². The monoisotopic (exact) mass is 282 g/mol. The van der Waals surface area contributed by atoms with Crippen LogP contribution in [0.3, 0.4) is 0 Å². The van der Waals surface area contributed by atoms with Gasteiger partial charge in [-0.1, -0.05) is 37.6 Å². The Hall–Kier alpha value is -1.06. The van der Waals surface area contributed by atoms with E-state index in [2.05, 4.69) is 31.4 Å². The molecule has 2 N–H and O–H groups in total. The molecule has 0 bridgehead atoms. The molecule has 4 heteroatoms. The Morgan fingerprint density at radius 1 is 1.21 bits per heavy atom. The van der Waals surface area contributed by atoms with E-state index >= 15 is 0 Å². The number of carbonyl (C=O) groups excluding carboxylic acids is 1. The van der Waals surface area contributed by atoms with E-state index in [1.54, 1.807) is 7.05 Å². The topological polar surface area (TPSA) is 41.1 Å². The molecule has 0 aliphatic rings. The summed E-state index contributed by atoms with van der Waals surface area (Å²) in [6.07, 6.45) is 0.817. The molecule has 0 fully saturated rings. The summed E-state index contributed by atoms with van der Waals surface area (Å²) >= 11 is 5.88. The minimum atomic E-state index is -0.171. The Bertz CT molecular complexity index is 403. The van der Waals surface area contributed by atoms with Crippen molar-refractivity contribution < 1.29 is 4.79 Å². The van der Waals surface area contributed by atoms with Gasteiger partial charge in [0.15, 0.2) is 0 Å². The first-order valence-corrected chi connectivity index (χ1v) is 7.05. The fourth-order valence-corrected chi connectivity index (χ4v) is 2.17. The molecule has 1 aromatic rings. The summed E-state index contributed by atoms with van der Waals surface area (Å²) in [7, 11) is 1.67. The zero-order valence-corrected chi connectivity index (χ0v) is 12.8. The van der Waals surface area contributed by atoms with Gasteiger partial charge >= 0.3 is 0 Å². The molecule has 3 nitrogen and oxygen atoms in total. The Kier molecular flexibility index (Phi) is 6.32. The predicted octanol–water partition coefficient (Wildman–Crippen LogP) is 3.15. The number of hydrogen-bond acceptors (Lipinski definition) is 2. The maximum atomic E-state index is 11.9. The van der Waals surface area contributed by atoms with Gasteiger partial charge in [0.2, 0.25) is 5.91 Å². The number of rotatable bonds is 6. The van der Waals surface area contributed by atoms with E-state index in [1.807, 2.05) is 24.3 Å². The van der Waals surface area contributed by atoms with Crippen molar-refractivity contribution in [1.82, 2.24) is 10.6 Å².